The minimum atomic E-state index is -0.868. The zero-order valence-electron chi connectivity index (χ0n) is 11.7. The highest BCUT2D eigenvalue weighted by Gasteiger charge is 2.06. The summed E-state index contributed by atoms with van der Waals surface area (Å²) in [6.07, 6.45) is 13.1. The largest absolute Gasteiger partial charge is 0.550 e. The molecule has 0 amide bonds. The predicted octanol–water partition coefficient (Wildman–Crippen LogP) is 3.68. The van der Waals surface area contributed by atoms with E-state index in [1.54, 1.807) is 0 Å². The molecule has 0 N–H and O–H groups in total. The van der Waals surface area contributed by atoms with Crippen LogP contribution in [0.2, 0.25) is 0 Å². The molecular formula is C15H29O2-. The van der Waals surface area contributed by atoms with Gasteiger partial charge in [0.2, 0.25) is 0 Å². The van der Waals surface area contributed by atoms with Gasteiger partial charge in [-0.2, -0.15) is 0 Å². The number of carbonyl (C=O) groups is 1. The topological polar surface area (TPSA) is 40.1 Å². The van der Waals surface area contributed by atoms with Crippen molar-refractivity contribution in [3.63, 3.8) is 0 Å². The first-order valence-electron chi connectivity index (χ1n) is 7.43. The third-order valence-corrected chi connectivity index (χ3v) is 3.48. The van der Waals surface area contributed by atoms with E-state index in [2.05, 4.69) is 6.92 Å². The van der Waals surface area contributed by atoms with Crippen molar-refractivity contribution in [3.8, 4) is 0 Å². The maximum atomic E-state index is 10.7. The molecule has 17 heavy (non-hydrogen) atoms. The van der Waals surface area contributed by atoms with E-state index in [0.717, 1.165) is 12.8 Å². The van der Waals surface area contributed by atoms with E-state index in [-0.39, 0.29) is 5.92 Å². The summed E-state index contributed by atoms with van der Waals surface area (Å²) in [4.78, 5) is 10.7. The second kappa shape index (κ2) is 11.9. The Bertz CT molecular complexity index is 178. The van der Waals surface area contributed by atoms with E-state index in [0.29, 0.717) is 6.42 Å². The second-order valence-corrected chi connectivity index (χ2v) is 5.04. The fourth-order valence-corrected chi connectivity index (χ4v) is 2.19. The molecule has 1 unspecified atom stereocenters. The van der Waals surface area contributed by atoms with Crippen LogP contribution in [0, 0.1) is 5.92 Å². The van der Waals surface area contributed by atoms with Crippen LogP contribution < -0.4 is 5.11 Å². The molecule has 0 heterocycles. The van der Waals surface area contributed by atoms with Gasteiger partial charge < -0.3 is 9.90 Å². The normalized spacial score (nSPS) is 12.6. The summed E-state index contributed by atoms with van der Waals surface area (Å²) >= 11 is 0. The summed E-state index contributed by atoms with van der Waals surface area (Å²) in [6.45, 7) is 4.16. The highest BCUT2D eigenvalue weighted by molar-refractivity contribution is 5.67. The zero-order valence-corrected chi connectivity index (χ0v) is 11.7. The van der Waals surface area contributed by atoms with Crippen LogP contribution in [0.5, 0.6) is 0 Å². The van der Waals surface area contributed by atoms with Crippen molar-refractivity contribution in [2.45, 2.75) is 84.5 Å². The van der Waals surface area contributed by atoms with E-state index in [1.807, 2.05) is 6.92 Å². The highest BCUT2D eigenvalue weighted by Crippen LogP contribution is 2.15. The molecule has 0 aliphatic heterocycles. The molecule has 0 fully saturated rings. The Labute approximate surface area is 107 Å². The van der Waals surface area contributed by atoms with E-state index in [9.17, 15) is 9.90 Å². The molecule has 0 aromatic rings. The lowest BCUT2D eigenvalue weighted by Gasteiger charge is -2.15. The van der Waals surface area contributed by atoms with Gasteiger partial charge in [-0.05, 0) is 18.8 Å². The van der Waals surface area contributed by atoms with Crippen LogP contribution in [0.4, 0.5) is 0 Å². The van der Waals surface area contributed by atoms with Crippen molar-refractivity contribution in [1.82, 2.24) is 0 Å². The monoisotopic (exact) mass is 241 g/mol. The summed E-state index contributed by atoms with van der Waals surface area (Å²) < 4.78 is 0. The zero-order chi connectivity index (χ0) is 12.9. The maximum absolute atomic E-state index is 10.7. The Morgan fingerprint density at radius 2 is 1.35 bits per heavy atom. The van der Waals surface area contributed by atoms with Crippen LogP contribution in [0.25, 0.3) is 0 Å². The van der Waals surface area contributed by atoms with Crippen molar-refractivity contribution in [3.05, 3.63) is 0 Å². The minimum absolute atomic E-state index is 0.223. The number of aliphatic carboxylic acids is 1. The Morgan fingerprint density at radius 1 is 0.882 bits per heavy atom. The van der Waals surface area contributed by atoms with Gasteiger partial charge in [0.05, 0.1) is 0 Å². The van der Waals surface area contributed by atoms with Gasteiger partial charge >= 0.3 is 0 Å². The van der Waals surface area contributed by atoms with Crippen LogP contribution in [-0.2, 0) is 4.79 Å². The Balaban J connectivity index is 3.20. The van der Waals surface area contributed by atoms with Crippen LogP contribution in [0.1, 0.15) is 84.5 Å². The van der Waals surface area contributed by atoms with Crippen molar-refractivity contribution in [2.75, 3.05) is 0 Å². The molecule has 0 aliphatic rings. The molecule has 0 saturated heterocycles. The molecule has 2 nitrogen and oxygen atoms in total. The molecule has 0 aliphatic carbocycles. The molecule has 0 bridgehead atoms. The number of hydrogen-bond donors (Lipinski definition) is 0. The molecule has 0 aromatic carbocycles. The molecule has 0 aromatic heterocycles. The summed E-state index contributed by atoms with van der Waals surface area (Å²) in [6, 6.07) is 0. The third kappa shape index (κ3) is 10.3. The maximum Gasteiger partial charge on any atom is 0.0445 e. The number of rotatable bonds is 12. The lowest BCUT2D eigenvalue weighted by atomic mass is 9.98. The third-order valence-electron chi connectivity index (χ3n) is 3.48. The Kier molecular flexibility index (Phi) is 11.6. The second-order valence-electron chi connectivity index (χ2n) is 5.04. The van der Waals surface area contributed by atoms with Crippen LogP contribution in [0.15, 0.2) is 0 Å². The highest BCUT2D eigenvalue weighted by atomic mass is 16.4. The van der Waals surface area contributed by atoms with Crippen LogP contribution >= 0.6 is 0 Å². The van der Waals surface area contributed by atoms with Gasteiger partial charge in [-0.3, -0.25) is 0 Å². The predicted molar refractivity (Wildman–Crippen MR) is 70.6 cm³/mol. The quantitative estimate of drug-likeness (QED) is 0.489. The van der Waals surface area contributed by atoms with Crippen LogP contribution in [0.3, 0.4) is 0 Å². The fraction of sp³-hybridized carbons (Fsp3) is 0.933. The standard InChI is InChI=1S/C15H30O2/c1-3-5-6-7-8-9-10-11-12-13-14(4-2)15(16)17/h14H,3-13H2,1-2H3,(H,16,17)/p-1. The van der Waals surface area contributed by atoms with Gasteiger partial charge in [-0.25, -0.2) is 0 Å². The first-order valence-corrected chi connectivity index (χ1v) is 7.43. The molecule has 0 radical (unpaired) electrons. The first-order chi connectivity index (χ1) is 8.22. The van der Waals surface area contributed by atoms with E-state index >= 15 is 0 Å². The fourth-order valence-electron chi connectivity index (χ4n) is 2.19. The van der Waals surface area contributed by atoms with E-state index in [4.69, 9.17) is 0 Å². The number of unbranched alkanes of at least 4 members (excludes halogenated alkanes) is 8. The SMILES string of the molecule is CCCCCCCCCCCC(CC)C(=O)[O-]. The summed E-state index contributed by atoms with van der Waals surface area (Å²) in [5, 5.41) is 10.7. The Morgan fingerprint density at radius 3 is 1.76 bits per heavy atom. The molecule has 2 heteroatoms. The molecule has 102 valence electrons. The van der Waals surface area contributed by atoms with Gasteiger partial charge in [-0.1, -0.05) is 71.6 Å². The number of carbonyl (C=O) groups excluding carboxylic acids is 1. The molecule has 1 atom stereocenters. The number of carboxylic acid groups (broad SMARTS) is 1. The van der Waals surface area contributed by atoms with Crippen LogP contribution in [-0.4, -0.2) is 5.97 Å². The molecule has 0 spiro atoms. The summed E-state index contributed by atoms with van der Waals surface area (Å²) in [5.41, 5.74) is 0. The number of hydrogen-bond acceptors (Lipinski definition) is 2. The number of carboxylic acids is 1. The van der Waals surface area contributed by atoms with Gasteiger partial charge in [0, 0.05) is 5.97 Å². The molecular weight excluding hydrogens is 212 g/mol. The summed E-state index contributed by atoms with van der Waals surface area (Å²) in [7, 11) is 0. The lowest BCUT2D eigenvalue weighted by molar-refractivity contribution is -0.311. The average molecular weight is 241 g/mol. The van der Waals surface area contributed by atoms with Crippen molar-refractivity contribution >= 4 is 5.97 Å². The van der Waals surface area contributed by atoms with Gasteiger partial charge in [0.25, 0.3) is 0 Å². The first kappa shape index (κ1) is 16.5. The van der Waals surface area contributed by atoms with Gasteiger partial charge in [0.1, 0.15) is 0 Å². The smallest absolute Gasteiger partial charge is 0.0445 e. The minimum Gasteiger partial charge on any atom is -0.550 e. The van der Waals surface area contributed by atoms with Crippen molar-refractivity contribution in [2.24, 2.45) is 5.92 Å². The van der Waals surface area contributed by atoms with Gasteiger partial charge in [-0.15, -0.1) is 0 Å². The van der Waals surface area contributed by atoms with Crippen molar-refractivity contribution < 1.29 is 9.90 Å². The molecule has 0 rings (SSSR count). The van der Waals surface area contributed by atoms with Gasteiger partial charge in [0.15, 0.2) is 0 Å². The summed E-state index contributed by atoms with van der Waals surface area (Å²) in [5.74, 6) is -1.09. The molecule has 0 saturated carbocycles. The Hall–Kier alpha value is -0.530. The van der Waals surface area contributed by atoms with E-state index < -0.39 is 5.97 Å². The van der Waals surface area contributed by atoms with Crippen molar-refractivity contribution in [1.29, 1.82) is 0 Å². The lowest BCUT2D eigenvalue weighted by Crippen LogP contribution is -2.30. The van der Waals surface area contributed by atoms with E-state index in [1.165, 1.54) is 51.4 Å². The average Bonchev–Trinajstić information content (AvgIpc) is 2.31.